The zero-order valence-electron chi connectivity index (χ0n) is 13.2. The van der Waals surface area contributed by atoms with Gasteiger partial charge in [0.15, 0.2) is 9.84 Å². The van der Waals surface area contributed by atoms with Crippen molar-refractivity contribution in [3.05, 3.63) is 35.4 Å². The molecule has 1 N–H and O–H groups in total. The molecule has 0 bridgehead atoms. The molecule has 6 nitrogen and oxygen atoms in total. The summed E-state index contributed by atoms with van der Waals surface area (Å²) in [6, 6.07) is 5.32. The van der Waals surface area contributed by atoms with E-state index in [0.29, 0.717) is 18.4 Å². The summed E-state index contributed by atoms with van der Waals surface area (Å²) in [6.07, 6.45) is 4.19. The van der Waals surface area contributed by atoms with Crippen LogP contribution in [0.3, 0.4) is 0 Å². The van der Waals surface area contributed by atoms with Crippen LogP contribution in [-0.4, -0.2) is 54.9 Å². The molecule has 1 aromatic rings. The quantitative estimate of drug-likeness (QED) is 0.903. The van der Waals surface area contributed by atoms with E-state index < -0.39 is 21.1 Å². The fourth-order valence-corrected chi connectivity index (χ4v) is 4.61. The molecule has 1 fully saturated rings. The Balaban J connectivity index is 2.22. The highest BCUT2D eigenvalue weighted by atomic mass is 32.2. The second kappa shape index (κ2) is 6.70. The summed E-state index contributed by atoms with van der Waals surface area (Å²) in [6.45, 7) is 0. The zero-order valence-corrected chi connectivity index (χ0v) is 14.0. The van der Waals surface area contributed by atoms with E-state index in [0.717, 1.165) is 12.8 Å². The number of carboxylic acids is 1. The predicted molar refractivity (Wildman–Crippen MR) is 86.4 cm³/mol. The Morgan fingerprint density at radius 2 is 1.61 bits per heavy atom. The van der Waals surface area contributed by atoms with Gasteiger partial charge in [-0.15, -0.1) is 0 Å². The van der Waals surface area contributed by atoms with Crippen LogP contribution in [0.1, 0.15) is 46.4 Å². The van der Waals surface area contributed by atoms with Gasteiger partial charge in [-0.05, 0) is 37.1 Å². The number of hydrogen-bond acceptors (Lipinski definition) is 4. The molecule has 0 saturated heterocycles. The molecule has 0 spiro atoms. The van der Waals surface area contributed by atoms with Gasteiger partial charge in [-0.25, -0.2) is 13.2 Å². The Labute approximate surface area is 136 Å². The van der Waals surface area contributed by atoms with Gasteiger partial charge in [-0.3, -0.25) is 4.79 Å². The number of benzene rings is 1. The number of aromatic carboxylic acids is 1. The standard InChI is InChI=1S/C16H21NO5S/c1-17(13-5-3-4-6-14(13)23(2,21)22)15(18)11-7-9-12(10-8-11)16(19)20/h7-10,13-14H,3-6H2,1-2H3,(H,19,20)/t13-,14-/m1/s1. The molecule has 2 atom stereocenters. The van der Waals surface area contributed by atoms with Crippen LogP contribution in [0, 0.1) is 0 Å². The Morgan fingerprint density at radius 1 is 1.09 bits per heavy atom. The van der Waals surface area contributed by atoms with Gasteiger partial charge in [-0.2, -0.15) is 0 Å². The molecule has 23 heavy (non-hydrogen) atoms. The second-order valence-corrected chi connectivity index (χ2v) is 8.28. The number of sulfone groups is 1. The highest BCUT2D eigenvalue weighted by molar-refractivity contribution is 7.91. The van der Waals surface area contributed by atoms with Gasteiger partial charge < -0.3 is 10.0 Å². The van der Waals surface area contributed by atoms with Crippen LogP contribution in [-0.2, 0) is 9.84 Å². The van der Waals surface area contributed by atoms with Gasteiger partial charge >= 0.3 is 5.97 Å². The molecule has 1 amide bonds. The van der Waals surface area contributed by atoms with Gasteiger partial charge in [0, 0.05) is 24.9 Å². The molecule has 7 heteroatoms. The molecule has 2 rings (SSSR count). The van der Waals surface area contributed by atoms with E-state index in [2.05, 4.69) is 0 Å². The molecule has 0 aliphatic heterocycles. The summed E-state index contributed by atoms with van der Waals surface area (Å²) in [5.41, 5.74) is 0.464. The molecule has 126 valence electrons. The minimum absolute atomic E-state index is 0.107. The van der Waals surface area contributed by atoms with Crippen LogP contribution >= 0.6 is 0 Å². The van der Waals surface area contributed by atoms with Crippen molar-refractivity contribution in [2.45, 2.75) is 37.0 Å². The molecular formula is C16H21NO5S. The summed E-state index contributed by atoms with van der Waals surface area (Å²) in [4.78, 5) is 24.9. The summed E-state index contributed by atoms with van der Waals surface area (Å²) in [5.74, 6) is -1.34. The Kier molecular flexibility index (Phi) is 5.09. The van der Waals surface area contributed by atoms with E-state index in [1.807, 2.05) is 0 Å². The molecule has 1 saturated carbocycles. The number of carbonyl (C=O) groups is 2. The first-order valence-corrected chi connectivity index (χ1v) is 9.46. The number of carboxylic acid groups (broad SMARTS) is 1. The Bertz CT molecular complexity index is 696. The van der Waals surface area contributed by atoms with E-state index in [1.165, 1.54) is 35.4 Å². The van der Waals surface area contributed by atoms with Crippen molar-refractivity contribution in [2.24, 2.45) is 0 Å². The Morgan fingerprint density at radius 3 is 2.13 bits per heavy atom. The van der Waals surface area contributed by atoms with Crippen molar-refractivity contribution in [2.75, 3.05) is 13.3 Å². The first kappa shape index (κ1) is 17.5. The van der Waals surface area contributed by atoms with E-state index in [1.54, 1.807) is 7.05 Å². The van der Waals surface area contributed by atoms with Crippen LogP contribution in [0.2, 0.25) is 0 Å². The smallest absolute Gasteiger partial charge is 0.335 e. The third-order valence-corrected chi connectivity index (χ3v) is 6.06. The Hall–Kier alpha value is -1.89. The third-order valence-electron chi connectivity index (χ3n) is 4.41. The molecule has 1 aromatic carbocycles. The molecule has 0 radical (unpaired) electrons. The topological polar surface area (TPSA) is 91.8 Å². The van der Waals surface area contributed by atoms with E-state index in [9.17, 15) is 18.0 Å². The van der Waals surface area contributed by atoms with Crippen molar-refractivity contribution < 1.29 is 23.1 Å². The number of amides is 1. The molecule has 0 unspecified atom stereocenters. The van der Waals surface area contributed by atoms with Crippen molar-refractivity contribution in [3.63, 3.8) is 0 Å². The number of carbonyl (C=O) groups excluding carboxylic acids is 1. The number of nitrogens with zero attached hydrogens (tertiary/aromatic N) is 1. The van der Waals surface area contributed by atoms with Crippen molar-refractivity contribution in [1.29, 1.82) is 0 Å². The molecule has 0 heterocycles. The van der Waals surface area contributed by atoms with E-state index in [4.69, 9.17) is 5.11 Å². The van der Waals surface area contributed by atoms with Crippen molar-refractivity contribution in [3.8, 4) is 0 Å². The lowest BCUT2D eigenvalue weighted by molar-refractivity contribution is 0.0684. The maximum atomic E-state index is 12.6. The van der Waals surface area contributed by atoms with Crippen LogP contribution in [0.15, 0.2) is 24.3 Å². The number of rotatable bonds is 4. The van der Waals surface area contributed by atoms with Gasteiger partial charge in [-0.1, -0.05) is 12.8 Å². The normalized spacial score (nSPS) is 21.7. The molecule has 1 aliphatic rings. The minimum Gasteiger partial charge on any atom is -0.478 e. The summed E-state index contributed by atoms with van der Waals surface area (Å²) >= 11 is 0. The monoisotopic (exact) mass is 339 g/mol. The highest BCUT2D eigenvalue weighted by Crippen LogP contribution is 2.28. The molecule has 1 aliphatic carbocycles. The van der Waals surface area contributed by atoms with E-state index in [-0.39, 0.29) is 17.5 Å². The molecule has 0 aromatic heterocycles. The van der Waals surface area contributed by atoms with Crippen LogP contribution in [0.25, 0.3) is 0 Å². The fourth-order valence-electron chi connectivity index (χ4n) is 3.13. The zero-order chi connectivity index (χ0) is 17.2. The van der Waals surface area contributed by atoms with Gasteiger partial charge in [0.25, 0.3) is 5.91 Å². The third kappa shape index (κ3) is 3.90. The van der Waals surface area contributed by atoms with Crippen molar-refractivity contribution >= 4 is 21.7 Å². The minimum atomic E-state index is -3.23. The van der Waals surface area contributed by atoms with Crippen LogP contribution in [0.5, 0.6) is 0 Å². The lowest BCUT2D eigenvalue weighted by Gasteiger charge is -2.37. The maximum absolute atomic E-state index is 12.6. The summed E-state index contributed by atoms with van der Waals surface area (Å²) in [5, 5.41) is 8.35. The first-order valence-electron chi connectivity index (χ1n) is 7.51. The number of hydrogen-bond donors (Lipinski definition) is 1. The average molecular weight is 339 g/mol. The lowest BCUT2D eigenvalue weighted by atomic mass is 9.93. The van der Waals surface area contributed by atoms with E-state index >= 15 is 0 Å². The van der Waals surface area contributed by atoms with Crippen LogP contribution < -0.4 is 0 Å². The SMILES string of the molecule is CN(C(=O)c1ccc(C(=O)O)cc1)[C@@H]1CCCC[C@H]1S(C)(=O)=O. The fraction of sp³-hybridized carbons (Fsp3) is 0.500. The molecular weight excluding hydrogens is 318 g/mol. The average Bonchev–Trinajstić information content (AvgIpc) is 2.52. The van der Waals surface area contributed by atoms with Gasteiger partial charge in [0.05, 0.1) is 10.8 Å². The summed E-state index contributed by atoms with van der Waals surface area (Å²) in [7, 11) is -1.61. The van der Waals surface area contributed by atoms with Crippen molar-refractivity contribution in [1.82, 2.24) is 4.90 Å². The largest absolute Gasteiger partial charge is 0.478 e. The van der Waals surface area contributed by atoms with Gasteiger partial charge in [0.1, 0.15) is 0 Å². The van der Waals surface area contributed by atoms with Gasteiger partial charge in [0.2, 0.25) is 0 Å². The predicted octanol–water partition coefficient (Wildman–Crippen LogP) is 1.81. The maximum Gasteiger partial charge on any atom is 0.335 e. The second-order valence-electron chi connectivity index (χ2n) is 6.02. The lowest BCUT2D eigenvalue weighted by Crippen LogP contribution is -2.49. The summed E-state index contributed by atoms with van der Waals surface area (Å²) < 4.78 is 24.0. The first-order chi connectivity index (χ1) is 10.7. The highest BCUT2D eigenvalue weighted by Gasteiger charge is 2.37. The van der Waals surface area contributed by atoms with Crippen LogP contribution in [0.4, 0.5) is 0 Å².